The van der Waals surface area contributed by atoms with Crippen LogP contribution in [0.3, 0.4) is 0 Å². The Labute approximate surface area is 95.9 Å². The molecular formula is C11H21N3O2. The Morgan fingerprint density at radius 3 is 2.69 bits per heavy atom. The number of hydrogen-bond donors (Lipinski definition) is 3. The summed E-state index contributed by atoms with van der Waals surface area (Å²) in [5, 5.41) is 2.88. The van der Waals surface area contributed by atoms with E-state index in [1.807, 2.05) is 6.92 Å². The van der Waals surface area contributed by atoms with Crippen molar-refractivity contribution in [2.45, 2.75) is 51.1 Å². The van der Waals surface area contributed by atoms with Gasteiger partial charge in [-0.25, -0.2) is 0 Å². The van der Waals surface area contributed by atoms with Crippen LogP contribution in [0, 0.1) is 5.92 Å². The zero-order valence-electron chi connectivity index (χ0n) is 9.74. The van der Waals surface area contributed by atoms with Gasteiger partial charge in [-0.1, -0.05) is 13.3 Å². The Morgan fingerprint density at radius 1 is 1.44 bits per heavy atom. The highest BCUT2D eigenvalue weighted by Crippen LogP contribution is 2.23. The van der Waals surface area contributed by atoms with Gasteiger partial charge in [0.2, 0.25) is 11.8 Å². The highest BCUT2D eigenvalue weighted by molar-refractivity contribution is 5.82. The van der Waals surface area contributed by atoms with Crippen molar-refractivity contribution < 1.29 is 9.59 Å². The molecule has 0 heterocycles. The maximum Gasteiger partial charge on any atom is 0.237 e. The summed E-state index contributed by atoms with van der Waals surface area (Å²) in [6.45, 7) is 1.87. The number of amides is 2. The molecule has 3 atom stereocenters. The SMILES string of the molecule is CC[C@H](N)C(=O)NC1CCCC(C(N)=O)C1. The topological polar surface area (TPSA) is 98.2 Å². The Bertz CT molecular complexity index is 268. The van der Waals surface area contributed by atoms with E-state index in [9.17, 15) is 9.59 Å². The summed E-state index contributed by atoms with van der Waals surface area (Å²) in [6.07, 6.45) is 3.95. The molecule has 16 heavy (non-hydrogen) atoms. The van der Waals surface area contributed by atoms with Crippen molar-refractivity contribution >= 4 is 11.8 Å². The maximum atomic E-state index is 11.6. The third kappa shape index (κ3) is 3.48. The summed E-state index contributed by atoms with van der Waals surface area (Å²) in [5.41, 5.74) is 10.9. The second kappa shape index (κ2) is 5.84. The van der Waals surface area contributed by atoms with E-state index < -0.39 is 6.04 Å². The third-order valence-electron chi connectivity index (χ3n) is 3.20. The number of primary amides is 1. The van der Waals surface area contributed by atoms with Gasteiger partial charge in [-0.05, 0) is 25.7 Å². The van der Waals surface area contributed by atoms with E-state index in [-0.39, 0.29) is 23.8 Å². The van der Waals surface area contributed by atoms with E-state index in [0.29, 0.717) is 12.8 Å². The minimum Gasteiger partial charge on any atom is -0.369 e. The van der Waals surface area contributed by atoms with E-state index in [1.54, 1.807) is 0 Å². The van der Waals surface area contributed by atoms with Gasteiger partial charge >= 0.3 is 0 Å². The van der Waals surface area contributed by atoms with Crippen LogP contribution in [-0.2, 0) is 9.59 Å². The molecule has 2 unspecified atom stereocenters. The molecule has 1 rings (SSSR count). The standard InChI is InChI=1S/C11H21N3O2/c1-2-9(12)11(16)14-8-5-3-4-7(6-8)10(13)15/h7-9H,2-6,12H2,1H3,(H2,13,15)(H,14,16)/t7?,8?,9-/m0/s1. The molecule has 0 aromatic heterocycles. The Kier molecular flexibility index (Phi) is 4.73. The van der Waals surface area contributed by atoms with Gasteiger partial charge in [0.1, 0.15) is 0 Å². The molecule has 0 aromatic rings. The molecule has 1 aliphatic rings. The van der Waals surface area contributed by atoms with E-state index in [4.69, 9.17) is 11.5 Å². The molecule has 5 N–H and O–H groups in total. The van der Waals surface area contributed by atoms with Crippen LogP contribution < -0.4 is 16.8 Å². The summed E-state index contributed by atoms with van der Waals surface area (Å²) in [6, 6.07) is -0.398. The van der Waals surface area contributed by atoms with Crippen molar-refractivity contribution in [3.63, 3.8) is 0 Å². The largest absolute Gasteiger partial charge is 0.369 e. The maximum absolute atomic E-state index is 11.6. The molecule has 0 radical (unpaired) electrons. The van der Waals surface area contributed by atoms with Crippen molar-refractivity contribution in [1.29, 1.82) is 0 Å². The molecule has 5 heteroatoms. The predicted octanol–water partition coefficient (Wildman–Crippen LogP) is -0.116. The lowest BCUT2D eigenvalue weighted by atomic mass is 9.85. The summed E-state index contributed by atoms with van der Waals surface area (Å²) in [5.74, 6) is -0.492. The lowest BCUT2D eigenvalue weighted by Crippen LogP contribution is -2.47. The number of rotatable bonds is 4. The molecular weight excluding hydrogens is 206 g/mol. The summed E-state index contributed by atoms with van der Waals surface area (Å²) >= 11 is 0. The second-order valence-electron chi connectivity index (χ2n) is 4.49. The van der Waals surface area contributed by atoms with Crippen LogP contribution in [0.15, 0.2) is 0 Å². The van der Waals surface area contributed by atoms with Crippen LogP contribution in [0.25, 0.3) is 0 Å². The first kappa shape index (κ1) is 13.0. The fourth-order valence-corrected chi connectivity index (χ4v) is 2.07. The zero-order chi connectivity index (χ0) is 12.1. The average Bonchev–Trinajstić information content (AvgIpc) is 2.28. The predicted molar refractivity (Wildman–Crippen MR) is 61.3 cm³/mol. The minimum absolute atomic E-state index is 0.0522. The summed E-state index contributed by atoms with van der Waals surface area (Å²) in [7, 11) is 0. The second-order valence-corrected chi connectivity index (χ2v) is 4.49. The van der Waals surface area contributed by atoms with Gasteiger partial charge in [0, 0.05) is 12.0 Å². The molecule has 1 fully saturated rings. The molecule has 0 aliphatic heterocycles. The number of nitrogens with two attached hydrogens (primary N) is 2. The van der Waals surface area contributed by atoms with Crippen molar-refractivity contribution in [3.8, 4) is 0 Å². The molecule has 0 aromatic carbocycles. The average molecular weight is 227 g/mol. The fourth-order valence-electron chi connectivity index (χ4n) is 2.07. The normalized spacial score (nSPS) is 27.1. The van der Waals surface area contributed by atoms with Crippen molar-refractivity contribution in [2.24, 2.45) is 17.4 Å². The first-order valence-electron chi connectivity index (χ1n) is 5.89. The Hall–Kier alpha value is -1.10. The first-order chi connectivity index (χ1) is 7.54. The molecule has 2 amide bonds. The van der Waals surface area contributed by atoms with Crippen molar-refractivity contribution in [3.05, 3.63) is 0 Å². The molecule has 5 nitrogen and oxygen atoms in total. The number of carbonyl (C=O) groups is 2. The van der Waals surface area contributed by atoms with Crippen LogP contribution >= 0.6 is 0 Å². The number of nitrogens with one attached hydrogen (secondary N) is 1. The van der Waals surface area contributed by atoms with Gasteiger partial charge in [0.15, 0.2) is 0 Å². The van der Waals surface area contributed by atoms with Gasteiger partial charge in [0.05, 0.1) is 6.04 Å². The monoisotopic (exact) mass is 227 g/mol. The zero-order valence-corrected chi connectivity index (χ0v) is 9.74. The number of hydrogen-bond acceptors (Lipinski definition) is 3. The highest BCUT2D eigenvalue weighted by Gasteiger charge is 2.27. The molecule has 1 saturated carbocycles. The van der Waals surface area contributed by atoms with Gasteiger partial charge < -0.3 is 16.8 Å². The molecule has 1 aliphatic carbocycles. The lowest BCUT2D eigenvalue weighted by Gasteiger charge is -2.28. The van der Waals surface area contributed by atoms with Gasteiger partial charge in [-0.3, -0.25) is 9.59 Å². The smallest absolute Gasteiger partial charge is 0.237 e. The number of carbonyl (C=O) groups excluding carboxylic acids is 2. The van der Waals surface area contributed by atoms with E-state index in [1.165, 1.54) is 0 Å². The molecule has 0 saturated heterocycles. The summed E-state index contributed by atoms with van der Waals surface area (Å²) < 4.78 is 0. The lowest BCUT2D eigenvalue weighted by molar-refractivity contribution is -0.126. The van der Waals surface area contributed by atoms with Gasteiger partial charge in [-0.2, -0.15) is 0 Å². The first-order valence-corrected chi connectivity index (χ1v) is 5.89. The van der Waals surface area contributed by atoms with Crippen LogP contribution in [-0.4, -0.2) is 23.9 Å². The van der Waals surface area contributed by atoms with Crippen LogP contribution in [0.1, 0.15) is 39.0 Å². The van der Waals surface area contributed by atoms with Crippen LogP contribution in [0.5, 0.6) is 0 Å². The summed E-state index contributed by atoms with van der Waals surface area (Å²) in [4.78, 5) is 22.6. The Balaban J connectivity index is 2.43. The van der Waals surface area contributed by atoms with Crippen molar-refractivity contribution in [1.82, 2.24) is 5.32 Å². The molecule has 92 valence electrons. The van der Waals surface area contributed by atoms with Gasteiger partial charge in [-0.15, -0.1) is 0 Å². The van der Waals surface area contributed by atoms with Crippen LogP contribution in [0.2, 0.25) is 0 Å². The molecule has 0 spiro atoms. The highest BCUT2D eigenvalue weighted by atomic mass is 16.2. The van der Waals surface area contributed by atoms with Crippen molar-refractivity contribution in [2.75, 3.05) is 0 Å². The fraction of sp³-hybridized carbons (Fsp3) is 0.818. The third-order valence-corrected chi connectivity index (χ3v) is 3.20. The van der Waals surface area contributed by atoms with Gasteiger partial charge in [0.25, 0.3) is 0 Å². The van der Waals surface area contributed by atoms with E-state index >= 15 is 0 Å². The van der Waals surface area contributed by atoms with E-state index in [2.05, 4.69) is 5.32 Å². The molecule has 0 bridgehead atoms. The Morgan fingerprint density at radius 2 is 2.12 bits per heavy atom. The quantitative estimate of drug-likeness (QED) is 0.624. The minimum atomic E-state index is -0.450. The van der Waals surface area contributed by atoms with Crippen LogP contribution in [0.4, 0.5) is 0 Å². The van der Waals surface area contributed by atoms with E-state index in [0.717, 1.165) is 19.3 Å².